The van der Waals surface area contributed by atoms with Crippen molar-refractivity contribution in [3.05, 3.63) is 29.1 Å². The first-order chi connectivity index (χ1) is 7.63. The van der Waals surface area contributed by atoms with Crippen LogP contribution in [0.15, 0.2) is 12.1 Å². The van der Waals surface area contributed by atoms with E-state index in [4.69, 9.17) is 5.26 Å². The van der Waals surface area contributed by atoms with Gasteiger partial charge in [-0.3, -0.25) is 0 Å². The van der Waals surface area contributed by atoms with E-state index in [1.54, 1.807) is 6.07 Å². The Morgan fingerprint density at radius 3 is 2.38 bits per heavy atom. The zero-order valence-electron chi connectivity index (χ0n) is 8.68. The molecule has 0 amide bonds. The van der Waals surface area contributed by atoms with Gasteiger partial charge in [-0.05, 0) is 12.1 Å². The van der Waals surface area contributed by atoms with Gasteiger partial charge in [-0.25, -0.2) is 14.6 Å². The summed E-state index contributed by atoms with van der Waals surface area (Å²) in [6, 6.07) is 4.30. The predicted molar refractivity (Wildman–Crippen MR) is 51.6 cm³/mol. The molecule has 0 bridgehead atoms. The monoisotopic (exact) mass is 220 g/mol. The van der Waals surface area contributed by atoms with E-state index in [2.05, 4.69) is 14.5 Å². The molecular weight excluding hydrogens is 212 g/mol. The topological polar surface area (TPSA) is 89.3 Å². The van der Waals surface area contributed by atoms with E-state index in [-0.39, 0.29) is 17.0 Å². The second-order valence-corrected chi connectivity index (χ2v) is 2.69. The van der Waals surface area contributed by atoms with Gasteiger partial charge in [-0.1, -0.05) is 0 Å². The van der Waals surface area contributed by atoms with Crippen molar-refractivity contribution < 1.29 is 19.1 Å². The molecule has 0 aliphatic heterocycles. The van der Waals surface area contributed by atoms with Crippen LogP contribution < -0.4 is 0 Å². The molecule has 0 aromatic carbocycles. The van der Waals surface area contributed by atoms with Gasteiger partial charge in [-0.15, -0.1) is 0 Å². The highest BCUT2D eigenvalue weighted by atomic mass is 16.5. The van der Waals surface area contributed by atoms with E-state index in [0.717, 1.165) is 0 Å². The van der Waals surface area contributed by atoms with Crippen molar-refractivity contribution in [2.75, 3.05) is 14.2 Å². The van der Waals surface area contributed by atoms with Gasteiger partial charge in [0.05, 0.1) is 19.8 Å². The van der Waals surface area contributed by atoms with Crippen LogP contribution in [0.2, 0.25) is 0 Å². The molecule has 0 saturated heterocycles. The molecule has 0 unspecified atom stereocenters. The van der Waals surface area contributed by atoms with Crippen molar-refractivity contribution in [3.63, 3.8) is 0 Å². The lowest BCUT2D eigenvalue weighted by molar-refractivity contribution is 0.0580. The van der Waals surface area contributed by atoms with Gasteiger partial charge in [0.1, 0.15) is 11.8 Å². The summed E-state index contributed by atoms with van der Waals surface area (Å²) < 4.78 is 8.89. The lowest BCUT2D eigenvalue weighted by Crippen LogP contribution is -2.10. The van der Waals surface area contributed by atoms with Crippen molar-refractivity contribution in [1.82, 2.24) is 4.98 Å². The molecule has 0 fully saturated rings. The van der Waals surface area contributed by atoms with Crippen LogP contribution in [-0.2, 0) is 9.47 Å². The Bertz CT molecular complexity index is 476. The third kappa shape index (κ3) is 2.15. The van der Waals surface area contributed by atoms with E-state index < -0.39 is 11.9 Å². The minimum atomic E-state index is -0.680. The standard InChI is InChI=1S/C10H8N2O4/c1-15-9(13)6-3-4-7(10(14)16-2)12-8(6)5-11/h3-4H,1-2H3. The molecule has 0 aliphatic carbocycles. The molecule has 0 aliphatic rings. The number of hydrogen-bond acceptors (Lipinski definition) is 6. The maximum absolute atomic E-state index is 11.2. The molecule has 1 heterocycles. The molecule has 0 radical (unpaired) electrons. The highest BCUT2D eigenvalue weighted by Crippen LogP contribution is 2.09. The van der Waals surface area contributed by atoms with Crippen LogP contribution in [-0.4, -0.2) is 31.1 Å². The fraction of sp³-hybridized carbons (Fsp3) is 0.200. The van der Waals surface area contributed by atoms with Crippen LogP contribution in [0.1, 0.15) is 26.5 Å². The summed E-state index contributed by atoms with van der Waals surface area (Å²) in [5.41, 5.74) is -0.195. The Hall–Kier alpha value is -2.42. The molecule has 1 aromatic heterocycles. The Morgan fingerprint density at radius 1 is 1.25 bits per heavy atom. The van der Waals surface area contributed by atoms with E-state index in [0.29, 0.717) is 0 Å². The number of esters is 2. The number of pyridine rings is 1. The number of nitrogens with zero attached hydrogens (tertiary/aromatic N) is 2. The maximum atomic E-state index is 11.2. The molecule has 0 atom stereocenters. The van der Waals surface area contributed by atoms with Crippen LogP contribution in [0.25, 0.3) is 0 Å². The van der Waals surface area contributed by atoms with Crippen molar-refractivity contribution in [1.29, 1.82) is 5.26 Å². The largest absolute Gasteiger partial charge is 0.465 e. The Balaban J connectivity index is 3.23. The molecule has 6 heteroatoms. The summed E-state index contributed by atoms with van der Waals surface area (Å²) in [5, 5.41) is 8.77. The second kappa shape index (κ2) is 4.89. The van der Waals surface area contributed by atoms with E-state index in [1.165, 1.54) is 26.4 Å². The normalized spacial score (nSPS) is 9.06. The van der Waals surface area contributed by atoms with Gasteiger partial charge in [0.2, 0.25) is 0 Å². The summed E-state index contributed by atoms with van der Waals surface area (Å²) in [6.45, 7) is 0. The van der Waals surface area contributed by atoms with Gasteiger partial charge >= 0.3 is 11.9 Å². The molecule has 1 rings (SSSR count). The first-order valence-electron chi connectivity index (χ1n) is 4.21. The average molecular weight is 220 g/mol. The van der Waals surface area contributed by atoms with Gasteiger partial charge in [-0.2, -0.15) is 5.26 Å². The molecule has 0 N–H and O–H groups in total. The lowest BCUT2D eigenvalue weighted by Gasteiger charge is -2.03. The van der Waals surface area contributed by atoms with Crippen LogP contribution in [0.5, 0.6) is 0 Å². The fourth-order valence-corrected chi connectivity index (χ4v) is 1.04. The molecule has 82 valence electrons. The number of aromatic nitrogens is 1. The van der Waals surface area contributed by atoms with Crippen LogP contribution in [0.3, 0.4) is 0 Å². The summed E-state index contributed by atoms with van der Waals surface area (Å²) in [4.78, 5) is 26.0. The third-order valence-electron chi connectivity index (χ3n) is 1.80. The van der Waals surface area contributed by atoms with Crippen molar-refractivity contribution in [2.24, 2.45) is 0 Å². The van der Waals surface area contributed by atoms with Crippen molar-refractivity contribution >= 4 is 11.9 Å². The smallest absolute Gasteiger partial charge is 0.356 e. The van der Waals surface area contributed by atoms with Crippen LogP contribution in [0, 0.1) is 11.3 Å². The number of nitriles is 1. The highest BCUT2D eigenvalue weighted by Gasteiger charge is 2.16. The molecule has 0 saturated carbocycles. The summed E-state index contributed by atoms with van der Waals surface area (Å²) in [7, 11) is 2.39. The maximum Gasteiger partial charge on any atom is 0.356 e. The minimum absolute atomic E-state index is 0.0117. The zero-order chi connectivity index (χ0) is 12.1. The molecular formula is C10H8N2O4. The zero-order valence-corrected chi connectivity index (χ0v) is 8.68. The second-order valence-electron chi connectivity index (χ2n) is 2.69. The van der Waals surface area contributed by atoms with E-state index in [9.17, 15) is 9.59 Å². The number of carbonyl (C=O) groups is 2. The summed E-state index contributed by atoms with van der Waals surface area (Å²) >= 11 is 0. The SMILES string of the molecule is COC(=O)c1ccc(C(=O)OC)c(C#N)n1. The minimum Gasteiger partial charge on any atom is -0.465 e. The van der Waals surface area contributed by atoms with Gasteiger partial charge in [0.25, 0.3) is 0 Å². The number of methoxy groups -OCH3 is 2. The predicted octanol–water partition coefficient (Wildman–Crippen LogP) is 0.526. The number of ether oxygens (including phenoxy) is 2. The highest BCUT2D eigenvalue weighted by molar-refractivity contribution is 5.93. The Morgan fingerprint density at radius 2 is 1.88 bits per heavy atom. The summed E-state index contributed by atoms with van der Waals surface area (Å²) in [6.07, 6.45) is 0. The first-order valence-corrected chi connectivity index (χ1v) is 4.21. The molecule has 1 aromatic rings. The fourth-order valence-electron chi connectivity index (χ4n) is 1.04. The Labute approximate surface area is 91.4 Å². The number of rotatable bonds is 2. The third-order valence-corrected chi connectivity index (χ3v) is 1.80. The van der Waals surface area contributed by atoms with E-state index >= 15 is 0 Å². The van der Waals surface area contributed by atoms with Crippen molar-refractivity contribution in [3.8, 4) is 6.07 Å². The van der Waals surface area contributed by atoms with Crippen LogP contribution >= 0.6 is 0 Å². The quantitative estimate of drug-likeness (QED) is 0.675. The molecule has 6 nitrogen and oxygen atoms in total. The first kappa shape index (κ1) is 11.7. The molecule has 0 spiro atoms. The Kier molecular flexibility index (Phi) is 3.56. The number of carbonyl (C=O) groups excluding carboxylic acids is 2. The van der Waals surface area contributed by atoms with E-state index in [1.807, 2.05) is 0 Å². The van der Waals surface area contributed by atoms with Gasteiger partial charge in [0, 0.05) is 0 Å². The van der Waals surface area contributed by atoms with Gasteiger partial charge in [0.15, 0.2) is 5.69 Å². The molecule has 16 heavy (non-hydrogen) atoms. The van der Waals surface area contributed by atoms with Gasteiger partial charge < -0.3 is 9.47 Å². The van der Waals surface area contributed by atoms with Crippen molar-refractivity contribution in [2.45, 2.75) is 0 Å². The van der Waals surface area contributed by atoms with Crippen LogP contribution in [0.4, 0.5) is 0 Å². The average Bonchev–Trinajstić information content (AvgIpc) is 2.35. The lowest BCUT2D eigenvalue weighted by atomic mass is 10.2. The summed E-state index contributed by atoms with van der Waals surface area (Å²) in [5.74, 6) is -1.35. The number of hydrogen-bond donors (Lipinski definition) is 0.